The molecule has 1 aliphatic carbocycles. The second-order valence-corrected chi connectivity index (χ2v) is 7.26. The van der Waals surface area contributed by atoms with Gasteiger partial charge in [-0.3, -0.25) is 9.59 Å². The molecule has 25 heavy (non-hydrogen) atoms. The van der Waals surface area contributed by atoms with E-state index in [1.54, 1.807) is 31.2 Å². The van der Waals surface area contributed by atoms with Gasteiger partial charge in [-0.15, -0.1) is 11.8 Å². The highest BCUT2D eigenvalue weighted by atomic mass is 32.2. The van der Waals surface area contributed by atoms with Crippen molar-refractivity contribution in [3.63, 3.8) is 0 Å². The lowest BCUT2D eigenvalue weighted by Crippen LogP contribution is -2.46. The van der Waals surface area contributed by atoms with E-state index in [-0.39, 0.29) is 17.6 Å². The third kappa shape index (κ3) is 6.61. The van der Waals surface area contributed by atoms with Crippen molar-refractivity contribution in [1.29, 1.82) is 0 Å². The van der Waals surface area contributed by atoms with Gasteiger partial charge in [0, 0.05) is 23.5 Å². The van der Waals surface area contributed by atoms with Crippen molar-refractivity contribution in [2.24, 2.45) is 5.92 Å². The maximum absolute atomic E-state index is 12.8. The minimum Gasteiger partial charge on any atom is -0.330 e. The van der Waals surface area contributed by atoms with E-state index in [1.165, 1.54) is 18.7 Å². The summed E-state index contributed by atoms with van der Waals surface area (Å²) in [5, 5.41) is 2.63. The third-order valence-corrected chi connectivity index (χ3v) is 5.00. The number of carbonyl (C=O) groups is 2. The number of hydrogen-bond acceptors (Lipinski definition) is 3. The van der Waals surface area contributed by atoms with Gasteiger partial charge in [0.05, 0.1) is 5.75 Å². The second-order valence-electron chi connectivity index (χ2n) is 6.21. The molecule has 0 aromatic heterocycles. The number of anilines is 1. The molecule has 0 heterocycles. The van der Waals surface area contributed by atoms with Crippen LogP contribution in [0.15, 0.2) is 29.2 Å². The van der Waals surface area contributed by atoms with Crippen molar-refractivity contribution in [1.82, 2.24) is 4.90 Å². The molecule has 2 rings (SSSR count). The fourth-order valence-corrected chi connectivity index (χ4v) is 3.34. The van der Waals surface area contributed by atoms with Crippen LogP contribution in [0.1, 0.15) is 26.7 Å². The van der Waals surface area contributed by atoms with Gasteiger partial charge in [0.15, 0.2) is 0 Å². The van der Waals surface area contributed by atoms with Crippen molar-refractivity contribution in [3.05, 3.63) is 24.3 Å². The summed E-state index contributed by atoms with van der Waals surface area (Å²) in [7, 11) is 0. The van der Waals surface area contributed by atoms with E-state index in [0.717, 1.165) is 22.6 Å². The first-order chi connectivity index (χ1) is 11.7. The van der Waals surface area contributed by atoms with Crippen LogP contribution in [-0.4, -0.2) is 41.2 Å². The number of benzene rings is 1. The van der Waals surface area contributed by atoms with Crippen molar-refractivity contribution in [3.8, 4) is 0 Å². The second kappa shape index (κ2) is 8.12. The van der Waals surface area contributed by atoms with E-state index >= 15 is 0 Å². The molecule has 138 valence electrons. The average Bonchev–Trinajstić information content (AvgIpc) is 3.34. The molecule has 1 atom stereocenters. The molecule has 0 saturated heterocycles. The minimum absolute atomic E-state index is 0.0490. The zero-order valence-corrected chi connectivity index (χ0v) is 14.9. The maximum Gasteiger partial charge on any atom is 0.406 e. The zero-order chi connectivity index (χ0) is 18.6. The summed E-state index contributed by atoms with van der Waals surface area (Å²) >= 11 is 1.19. The Morgan fingerprint density at radius 2 is 1.88 bits per heavy atom. The van der Waals surface area contributed by atoms with Gasteiger partial charge in [-0.05, 0) is 49.9 Å². The Labute approximate surface area is 149 Å². The van der Waals surface area contributed by atoms with E-state index in [9.17, 15) is 22.8 Å². The van der Waals surface area contributed by atoms with Gasteiger partial charge in [-0.1, -0.05) is 0 Å². The van der Waals surface area contributed by atoms with Crippen LogP contribution in [-0.2, 0) is 9.59 Å². The highest BCUT2D eigenvalue weighted by molar-refractivity contribution is 8.00. The van der Waals surface area contributed by atoms with Gasteiger partial charge >= 0.3 is 6.18 Å². The summed E-state index contributed by atoms with van der Waals surface area (Å²) in [6, 6.07) is 6.43. The van der Waals surface area contributed by atoms with Crippen LogP contribution in [0.5, 0.6) is 0 Å². The van der Waals surface area contributed by atoms with Crippen LogP contribution in [0.25, 0.3) is 0 Å². The predicted octanol–water partition coefficient (Wildman–Crippen LogP) is 3.93. The quantitative estimate of drug-likeness (QED) is 0.736. The smallest absolute Gasteiger partial charge is 0.330 e. The average molecular weight is 374 g/mol. The number of amides is 2. The van der Waals surface area contributed by atoms with Crippen LogP contribution < -0.4 is 5.32 Å². The van der Waals surface area contributed by atoms with Crippen LogP contribution in [0.3, 0.4) is 0 Å². The molecule has 1 aliphatic rings. The zero-order valence-electron chi connectivity index (χ0n) is 14.1. The third-order valence-electron chi connectivity index (χ3n) is 4.00. The summed E-state index contributed by atoms with van der Waals surface area (Å²) < 4.78 is 38.4. The molecule has 1 aromatic rings. The van der Waals surface area contributed by atoms with Crippen molar-refractivity contribution in [2.45, 2.75) is 43.8 Å². The molecule has 1 N–H and O–H groups in total. The Bertz CT molecular complexity index is 615. The van der Waals surface area contributed by atoms with Crippen molar-refractivity contribution >= 4 is 29.3 Å². The molecule has 0 radical (unpaired) electrons. The number of thioether (sulfide) groups is 1. The Balaban J connectivity index is 1.94. The largest absolute Gasteiger partial charge is 0.406 e. The lowest BCUT2D eigenvalue weighted by molar-refractivity contribution is -0.164. The van der Waals surface area contributed by atoms with Crippen LogP contribution in [0.2, 0.25) is 0 Å². The summed E-state index contributed by atoms with van der Waals surface area (Å²) in [6.45, 7) is 1.89. The number of alkyl halides is 3. The summed E-state index contributed by atoms with van der Waals surface area (Å²) in [6.07, 6.45) is -2.65. The fourth-order valence-electron chi connectivity index (χ4n) is 2.55. The standard InChI is InChI=1S/C17H21F3N2O2S/c1-11(13-3-4-13)22(10-17(18,19)20)16(24)9-25-15-7-5-14(6-8-15)21-12(2)23/h5-8,11,13H,3-4,9-10H2,1-2H3,(H,21,23)/t11-/m1/s1. The first-order valence-corrected chi connectivity index (χ1v) is 9.01. The summed E-state index contributed by atoms with van der Waals surface area (Å²) in [5.74, 6) is -0.569. The number of rotatable bonds is 7. The molecule has 0 aliphatic heterocycles. The van der Waals surface area contributed by atoms with E-state index in [1.807, 2.05) is 0 Å². The normalized spacial score (nSPS) is 15.6. The molecular formula is C17H21F3N2O2S. The molecule has 8 heteroatoms. The molecule has 0 spiro atoms. The highest BCUT2D eigenvalue weighted by Crippen LogP contribution is 2.36. The van der Waals surface area contributed by atoms with Crippen LogP contribution in [0.4, 0.5) is 18.9 Å². The molecule has 0 bridgehead atoms. The molecule has 4 nitrogen and oxygen atoms in total. The van der Waals surface area contributed by atoms with E-state index < -0.39 is 24.7 Å². The number of nitrogens with one attached hydrogen (secondary N) is 1. The molecule has 1 fully saturated rings. The number of nitrogens with zero attached hydrogens (tertiary/aromatic N) is 1. The minimum atomic E-state index is -4.40. The van der Waals surface area contributed by atoms with Gasteiger partial charge in [0.1, 0.15) is 6.54 Å². The summed E-state index contributed by atoms with van der Waals surface area (Å²) in [4.78, 5) is 25.0. The van der Waals surface area contributed by atoms with Gasteiger partial charge < -0.3 is 10.2 Å². The van der Waals surface area contributed by atoms with Crippen LogP contribution in [0, 0.1) is 5.92 Å². The molecule has 1 saturated carbocycles. The van der Waals surface area contributed by atoms with Crippen molar-refractivity contribution < 1.29 is 22.8 Å². The SMILES string of the molecule is CC(=O)Nc1ccc(SCC(=O)N(CC(F)(F)F)[C@H](C)C2CC2)cc1. The van der Waals surface area contributed by atoms with E-state index in [0.29, 0.717) is 5.69 Å². The Hall–Kier alpha value is -1.70. The Morgan fingerprint density at radius 3 is 2.36 bits per heavy atom. The number of halogens is 3. The molecule has 2 amide bonds. The summed E-state index contributed by atoms with van der Waals surface area (Å²) in [5.41, 5.74) is 0.629. The van der Waals surface area contributed by atoms with Gasteiger partial charge in [-0.2, -0.15) is 13.2 Å². The van der Waals surface area contributed by atoms with E-state index in [2.05, 4.69) is 5.32 Å². The fraction of sp³-hybridized carbons (Fsp3) is 0.529. The monoisotopic (exact) mass is 374 g/mol. The maximum atomic E-state index is 12.8. The molecular weight excluding hydrogens is 353 g/mol. The van der Waals surface area contributed by atoms with E-state index in [4.69, 9.17) is 0 Å². The van der Waals surface area contributed by atoms with Gasteiger partial charge in [-0.25, -0.2) is 0 Å². The van der Waals surface area contributed by atoms with Crippen LogP contribution >= 0.6 is 11.8 Å². The molecule has 1 aromatic carbocycles. The number of hydrogen-bond donors (Lipinski definition) is 1. The predicted molar refractivity (Wildman–Crippen MR) is 91.4 cm³/mol. The first kappa shape index (κ1) is 19.6. The van der Waals surface area contributed by atoms with Crippen molar-refractivity contribution in [2.75, 3.05) is 17.6 Å². The van der Waals surface area contributed by atoms with Gasteiger partial charge in [0.2, 0.25) is 11.8 Å². The first-order valence-electron chi connectivity index (χ1n) is 8.02. The lowest BCUT2D eigenvalue weighted by Gasteiger charge is -2.30. The van der Waals surface area contributed by atoms with Gasteiger partial charge in [0.25, 0.3) is 0 Å². The number of carbonyl (C=O) groups excluding carboxylic acids is 2. The molecule has 0 unspecified atom stereocenters. The lowest BCUT2D eigenvalue weighted by atomic mass is 10.2. The Morgan fingerprint density at radius 1 is 1.28 bits per heavy atom. The Kier molecular flexibility index (Phi) is 6.37. The highest BCUT2D eigenvalue weighted by Gasteiger charge is 2.40. The topological polar surface area (TPSA) is 49.4 Å².